The van der Waals surface area contributed by atoms with Crippen molar-refractivity contribution in [2.24, 2.45) is 0 Å². The van der Waals surface area contributed by atoms with Crippen LogP contribution in [0.3, 0.4) is 0 Å². The van der Waals surface area contributed by atoms with Crippen LogP contribution in [-0.4, -0.2) is 44.3 Å². The number of amides is 1. The molecule has 0 unspecified atom stereocenters. The second-order valence-electron chi connectivity index (χ2n) is 5.30. The Morgan fingerprint density at radius 2 is 2.12 bits per heavy atom. The summed E-state index contributed by atoms with van der Waals surface area (Å²) in [6.45, 7) is 1.43. The van der Waals surface area contributed by atoms with Gasteiger partial charge in [-0.25, -0.2) is 8.42 Å². The van der Waals surface area contributed by atoms with Crippen LogP contribution < -0.4 is 10.1 Å². The molecule has 0 aliphatic heterocycles. The van der Waals surface area contributed by atoms with Crippen molar-refractivity contribution in [2.45, 2.75) is 11.8 Å². The third-order valence-electron chi connectivity index (χ3n) is 3.46. The number of carbonyl (C=O) groups excluding carboxylic acids is 1. The molecule has 1 N–H and O–H groups in total. The fraction of sp³-hybridized carbons (Fsp3) is 0.250. The number of aromatic nitrogens is 1. The number of aryl methyl sites for hydroxylation is 1. The molecule has 7 nitrogen and oxygen atoms in total. The first-order chi connectivity index (χ1) is 11.8. The Kier molecular flexibility index (Phi) is 5.99. The number of ether oxygens (including phenoxy) is 1. The van der Waals surface area contributed by atoms with Crippen LogP contribution in [0.15, 0.2) is 41.6 Å². The van der Waals surface area contributed by atoms with Gasteiger partial charge >= 0.3 is 0 Å². The summed E-state index contributed by atoms with van der Waals surface area (Å²) in [6.07, 6.45) is 2.70. The molecule has 0 spiro atoms. The van der Waals surface area contributed by atoms with Gasteiger partial charge in [-0.1, -0.05) is 11.6 Å². The number of anilines is 1. The number of halogens is 1. The van der Waals surface area contributed by atoms with E-state index < -0.39 is 15.9 Å². The van der Waals surface area contributed by atoms with Crippen molar-refractivity contribution in [2.75, 3.05) is 26.0 Å². The molecule has 0 atom stereocenters. The Labute approximate surface area is 151 Å². The van der Waals surface area contributed by atoms with Crippen LogP contribution in [0.4, 0.5) is 5.69 Å². The van der Waals surface area contributed by atoms with E-state index in [2.05, 4.69) is 10.3 Å². The summed E-state index contributed by atoms with van der Waals surface area (Å²) in [4.78, 5) is 16.0. The minimum Gasteiger partial charge on any atom is -0.495 e. The highest BCUT2D eigenvalue weighted by molar-refractivity contribution is 7.89. The number of nitrogens with zero attached hydrogens (tertiary/aromatic N) is 2. The molecule has 2 aromatic rings. The molecule has 1 aromatic carbocycles. The number of likely N-dealkylation sites (N-methyl/N-ethyl adjacent to an activating group) is 1. The van der Waals surface area contributed by atoms with Gasteiger partial charge in [0.1, 0.15) is 10.6 Å². The first kappa shape index (κ1) is 19.2. The fourth-order valence-electron chi connectivity index (χ4n) is 2.09. The van der Waals surface area contributed by atoms with Crippen molar-refractivity contribution in [3.05, 3.63) is 47.2 Å². The Morgan fingerprint density at radius 1 is 1.40 bits per heavy atom. The average Bonchev–Trinajstić information content (AvgIpc) is 2.58. The minimum absolute atomic E-state index is 0.0187. The van der Waals surface area contributed by atoms with Gasteiger partial charge in [-0.3, -0.25) is 9.78 Å². The molecule has 0 saturated carbocycles. The van der Waals surface area contributed by atoms with Crippen molar-refractivity contribution in [3.63, 3.8) is 0 Å². The maximum atomic E-state index is 12.4. The van der Waals surface area contributed by atoms with Crippen LogP contribution in [-0.2, 0) is 14.8 Å². The van der Waals surface area contributed by atoms with Gasteiger partial charge in [0.2, 0.25) is 15.9 Å². The molecule has 0 saturated heterocycles. The molecule has 0 aliphatic rings. The minimum atomic E-state index is -3.80. The lowest BCUT2D eigenvalue weighted by Gasteiger charge is -2.17. The standard InChI is InChI=1S/C16H18ClN3O4S/c1-11-7-14(15(24-3)8-13(11)17)19-16(21)10-20(2)25(22,23)12-5-4-6-18-9-12/h4-9H,10H2,1-3H3,(H,19,21). The molecule has 1 heterocycles. The molecule has 134 valence electrons. The first-order valence-corrected chi connectivity index (χ1v) is 9.08. The van der Waals surface area contributed by atoms with E-state index in [4.69, 9.17) is 16.3 Å². The predicted molar refractivity (Wildman–Crippen MR) is 95.4 cm³/mol. The Morgan fingerprint density at radius 3 is 2.72 bits per heavy atom. The van der Waals surface area contributed by atoms with E-state index in [-0.39, 0.29) is 11.4 Å². The number of sulfonamides is 1. The summed E-state index contributed by atoms with van der Waals surface area (Å²) in [6, 6.07) is 6.18. The largest absolute Gasteiger partial charge is 0.495 e. The number of rotatable bonds is 6. The van der Waals surface area contributed by atoms with Gasteiger partial charge in [-0.2, -0.15) is 4.31 Å². The molecule has 0 fully saturated rings. The van der Waals surface area contributed by atoms with Gasteiger partial charge in [0.15, 0.2) is 0 Å². The van der Waals surface area contributed by atoms with Gasteiger partial charge in [0.05, 0.1) is 19.3 Å². The van der Waals surface area contributed by atoms with E-state index in [1.165, 1.54) is 38.7 Å². The SMILES string of the molecule is COc1cc(Cl)c(C)cc1NC(=O)CN(C)S(=O)(=O)c1cccnc1. The summed E-state index contributed by atoms with van der Waals surface area (Å²) < 4.78 is 30.9. The normalized spacial score (nSPS) is 11.4. The monoisotopic (exact) mass is 383 g/mol. The zero-order valence-electron chi connectivity index (χ0n) is 14.0. The lowest BCUT2D eigenvalue weighted by molar-refractivity contribution is -0.116. The topological polar surface area (TPSA) is 88.6 Å². The Bertz CT molecular complexity index is 872. The molecule has 1 amide bonds. The first-order valence-electron chi connectivity index (χ1n) is 7.26. The number of carbonyl (C=O) groups is 1. The molecule has 1 aromatic heterocycles. The number of benzene rings is 1. The highest BCUT2D eigenvalue weighted by Crippen LogP contribution is 2.30. The van der Waals surface area contributed by atoms with Crippen LogP contribution in [0, 0.1) is 6.92 Å². The number of hydrogen-bond donors (Lipinski definition) is 1. The molecule has 0 bridgehead atoms. The zero-order chi connectivity index (χ0) is 18.6. The number of hydrogen-bond acceptors (Lipinski definition) is 5. The second kappa shape index (κ2) is 7.81. The predicted octanol–water partition coefficient (Wildman–Crippen LogP) is 2.31. The van der Waals surface area contributed by atoms with E-state index in [1.54, 1.807) is 19.1 Å². The number of nitrogens with one attached hydrogen (secondary N) is 1. The maximum Gasteiger partial charge on any atom is 0.244 e. The fourth-order valence-corrected chi connectivity index (χ4v) is 3.33. The van der Waals surface area contributed by atoms with Crippen LogP contribution >= 0.6 is 11.6 Å². The zero-order valence-corrected chi connectivity index (χ0v) is 15.6. The van der Waals surface area contributed by atoms with E-state index in [0.717, 1.165) is 9.87 Å². The molecular weight excluding hydrogens is 366 g/mol. The number of pyridine rings is 1. The van der Waals surface area contributed by atoms with Crippen molar-refractivity contribution >= 4 is 33.2 Å². The smallest absolute Gasteiger partial charge is 0.244 e. The van der Waals surface area contributed by atoms with Crippen molar-refractivity contribution in [1.29, 1.82) is 0 Å². The highest BCUT2D eigenvalue weighted by Gasteiger charge is 2.23. The summed E-state index contributed by atoms with van der Waals surface area (Å²) in [5, 5.41) is 3.15. The van der Waals surface area contributed by atoms with Crippen LogP contribution in [0.1, 0.15) is 5.56 Å². The van der Waals surface area contributed by atoms with Crippen LogP contribution in [0.5, 0.6) is 5.75 Å². The quantitative estimate of drug-likeness (QED) is 0.826. The van der Waals surface area contributed by atoms with Crippen molar-refractivity contribution < 1.29 is 17.9 Å². The van der Waals surface area contributed by atoms with E-state index in [9.17, 15) is 13.2 Å². The summed E-state index contributed by atoms with van der Waals surface area (Å²) >= 11 is 6.03. The number of methoxy groups -OCH3 is 1. The van der Waals surface area contributed by atoms with Gasteiger partial charge in [-0.15, -0.1) is 0 Å². The molecule has 0 radical (unpaired) electrons. The summed E-state index contributed by atoms with van der Waals surface area (Å²) in [7, 11) is -1.02. The Hall–Kier alpha value is -2.16. The third kappa shape index (κ3) is 4.47. The van der Waals surface area contributed by atoms with Gasteiger partial charge in [0.25, 0.3) is 0 Å². The van der Waals surface area contributed by atoms with Crippen LogP contribution in [0.2, 0.25) is 5.02 Å². The molecule has 0 aliphatic carbocycles. The molecule has 9 heteroatoms. The molecule has 25 heavy (non-hydrogen) atoms. The lowest BCUT2D eigenvalue weighted by Crippen LogP contribution is -2.35. The summed E-state index contributed by atoms with van der Waals surface area (Å²) in [5.41, 5.74) is 1.18. The molecule has 2 rings (SSSR count). The summed E-state index contributed by atoms with van der Waals surface area (Å²) in [5.74, 6) is -0.114. The van der Waals surface area contributed by atoms with Crippen LogP contribution in [0.25, 0.3) is 0 Å². The van der Waals surface area contributed by atoms with E-state index in [0.29, 0.717) is 16.5 Å². The lowest BCUT2D eigenvalue weighted by atomic mass is 10.2. The highest BCUT2D eigenvalue weighted by atomic mass is 35.5. The van der Waals surface area contributed by atoms with E-state index in [1.807, 2.05) is 0 Å². The van der Waals surface area contributed by atoms with Gasteiger partial charge in [0, 0.05) is 30.5 Å². The second-order valence-corrected chi connectivity index (χ2v) is 7.75. The van der Waals surface area contributed by atoms with Gasteiger partial charge in [-0.05, 0) is 30.7 Å². The maximum absolute atomic E-state index is 12.4. The van der Waals surface area contributed by atoms with Crippen molar-refractivity contribution in [3.8, 4) is 5.75 Å². The van der Waals surface area contributed by atoms with E-state index >= 15 is 0 Å². The average molecular weight is 384 g/mol. The Balaban J connectivity index is 2.14. The van der Waals surface area contributed by atoms with Crippen molar-refractivity contribution in [1.82, 2.24) is 9.29 Å². The molecular formula is C16H18ClN3O4S. The van der Waals surface area contributed by atoms with Gasteiger partial charge < -0.3 is 10.1 Å². The third-order valence-corrected chi connectivity index (χ3v) is 5.66.